The Hall–Kier alpha value is -1.18. The lowest BCUT2D eigenvalue weighted by Crippen LogP contribution is -2.54. The average molecular weight is 274 g/mol. The number of methoxy groups -OCH3 is 1. The predicted octanol–water partition coefficient (Wildman–Crippen LogP) is -1.31. The number of ether oxygens (including phenoxy) is 1. The first kappa shape index (κ1) is 15.9. The largest absolute Gasteiger partial charge is 0.469 e. The van der Waals surface area contributed by atoms with E-state index in [9.17, 15) is 9.59 Å². The fourth-order valence-electron chi connectivity index (χ4n) is 2.21. The van der Waals surface area contributed by atoms with Gasteiger partial charge < -0.3 is 25.2 Å². The molecular formula is C12H22N2O5. The molecule has 1 amide bonds. The summed E-state index contributed by atoms with van der Waals surface area (Å²) < 4.78 is 4.72. The first-order valence-corrected chi connectivity index (χ1v) is 6.39. The van der Waals surface area contributed by atoms with Gasteiger partial charge in [-0.05, 0) is 19.4 Å². The second-order valence-corrected chi connectivity index (χ2v) is 4.73. The Kier molecular flexibility index (Phi) is 6.20. The van der Waals surface area contributed by atoms with E-state index in [1.165, 1.54) is 12.0 Å². The Morgan fingerprint density at radius 3 is 2.74 bits per heavy atom. The number of piperidine rings is 1. The van der Waals surface area contributed by atoms with Crippen LogP contribution in [-0.4, -0.2) is 66.6 Å². The number of nitrogens with one attached hydrogen (secondary N) is 1. The van der Waals surface area contributed by atoms with E-state index in [-0.39, 0.29) is 24.8 Å². The van der Waals surface area contributed by atoms with E-state index in [2.05, 4.69) is 5.32 Å². The van der Waals surface area contributed by atoms with Crippen molar-refractivity contribution in [3.8, 4) is 0 Å². The number of hydrogen-bond donors (Lipinski definition) is 3. The molecule has 3 N–H and O–H groups in total. The van der Waals surface area contributed by atoms with Crippen LogP contribution >= 0.6 is 0 Å². The van der Waals surface area contributed by atoms with Gasteiger partial charge in [0.15, 0.2) is 6.29 Å². The summed E-state index contributed by atoms with van der Waals surface area (Å²) in [7, 11) is 2.89. The third-order valence-corrected chi connectivity index (χ3v) is 3.33. The first-order chi connectivity index (χ1) is 8.97. The number of aliphatic hydroxyl groups excluding tert-OH is 1. The lowest BCUT2D eigenvalue weighted by molar-refractivity contribution is -0.152. The van der Waals surface area contributed by atoms with Crippen molar-refractivity contribution in [2.45, 2.75) is 31.6 Å². The highest BCUT2D eigenvalue weighted by molar-refractivity contribution is 5.88. The van der Waals surface area contributed by atoms with Gasteiger partial charge in [-0.2, -0.15) is 0 Å². The third kappa shape index (κ3) is 4.45. The Bertz CT molecular complexity index is 321. The van der Waals surface area contributed by atoms with Crippen LogP contribution in [0.2, 0.25) is 0 Å². The highest BCUT2D eigenvalue weighted by Crippen LogP contribution is 2.19. The second kappa shape index (κ2) is 7.42. The maximum atomic E-state index is 12.2. The van der Waals surface area contributed by atoms with Crippen molar-refractivity contribution in [2.75, 3.05) is 27.2 Å². The van der Waals surface area contributed by atoms with Gasteiger partial charge in [0.1, 0.15) is 6.04 Å². The molecule has 1 heterocycles. The van der Waals surface area contributed by atoms with Crippen molar-refractivity contribution in [3.05, 3.63) is 0 Å². The van der Waals surface area contributed by atoms with E-state index in [1.54, 1.807) is 7.05 Å². The standard InChI is InChI=1S/C12H22N2O5/c1-14(7-5-9(15)16)11(17)10-8(12(18)19-2)4-3-6-13-10/h8-10,13,15-16H,3-7H2,1-2H3/t8-,10+/m1/s1. The van der Waals surface area contributed by atoms with Crippen LogP contribution in [-0.2, 0) is 14.3 Å². The molecule has 1 saturated heterocycles. The molecule has 0 bridgehead atoms. The summed E-state index contributed by atoms with van der Waals surface area (Å²) >= 11 is 0. The summed E-state index contributed by atoms with van der Waals surface area (Å²) in [6.45, 7) is 0.906. The minimum atomic E-state index is -1.44. The molecule has 0 saturated carbocycles. The molecule has 1 aliphatic rings. The number of likely N-dealkylation sites (N-methyl/N-ethyl adjacent to an activating group) is 1. The molecule has 0 aromatic carbocycles. The molecule has 0 unspecified atom stereocenters. The van der Waals surface area contributed by atoms with Gasteiger partial charge in [0, 0.05) is 20.0 Å². The van der Waals surface area contributed by atoms with Gasteiger partial charge in [0.25, 0.3) is 0 Å². The monoisotopic (exact) mass is 274 g/mol. The van der Waals surface area contributed by atoms with E-state index >= 15 is 0 Å². The van der Waals surface area contributed by atoms with Crippen molar-refractivity contribution >= 4 is 11.9 Å². The SMILES string of the molecule is COC(=O)[C@@H]1CCCN[C@@H]1C(=O)N(C)CCC(O)O. The number of rotatable bonds is 5. The smallest absolute Gasteiger partial charge is 0.310 e. The zero-order valence-corrected chi connectivity index (χ0v) is 11.3. The fraction of sp³-hybridized carbons (Fsp3) is 0.833. The van der Waals surface area contributed by atoms with Gasteiger partial charge in [-0.3, -0.25) is 9.59 Å². The van der Waals surface area contributed by atoms with Crippen molar-refractivity contribution in [3.63, 3.8) is 0 Å². The molecule has 0 spiro atoms. The molecule has 0 radical (unpaired) electrons. The summed E-state index contributed by atoms with van der Waals surface area (Å²) in [6, 6.07) is -0.595. The molecule has 2 atom stereocenters. The number of carbonyl (C=O) groups is 2. The molecule has 7 heteroatoms. The summed E-state index contributed by atoms with van der Waals surface area (Å²) in [5, 5.41) is 20.6. The quantitative estimate of drug-likeness (QED) is 0.425. The summed E-state index contributed by atoms with van der Waals surface area (Å²) in [5.41, 5.74) is 0. The molecule has 0 aliphatic carbocycles. The maximum absolute atomic E-state index is 12.2. The van der Waals surface area contributed by atoms with Crippen LogP contribution < -0.4 is 5.32 Å². The van der Waals surface area contributed by atoms with Crippen LogP contribution in [0.25, 0.3) is 0 Å². The molecule has 7 nitrogen and oxygen atoms in total. The second-order valence-electron chi connectivity index (χ2n) is 4.73. The van der Waals surface area contributed by atoms with E-state index in [0.717, 1.165) is 6.42 Å². The van der Waals surface area contributed by atoms with E-state index in [0.29, 0.717) is 13.0 Å². The van der Waals surface area contributed by atoms with Crippen LogP contribution in [0.3, 0.4) is 0 Å². The van der Waals surface area contributed by atoms with Crippen molar-refractivity contribution < 1.29 is 24.5 Å². The third-order valence-electron chi connectivity index (χ3n) is 3.33. The minimum Gasteiger partial charge on any atom is -0.469 e. The van der Waals surface area contributed by atoms with Crippen LogP contribution in [0, 0.1) is 5.92 Å². The number of amides is 1. The maximum Gasteiger partial charge on any atom is 0.310 e. The van der Waals surface area contributed by atoms with Crippen molar-refractivity contribution in [1.82, 2.24) is 10.2 Å². The number of carbonyl (C=O) groups excluding carboxylic acids is 2. The zero-order valence-electron chi connectivity index (χ0n) is 11.3. The van der Waals surface area contributed by atoms with Crippen molar-refractivity contribution in [1.29, 1.82) is 0 Å². The van der Waals surface area contributed by atoms with E-state index < -0.39 is 18.2 Å². The molecule has 1 rings (SSSR count). The van der Waals surface area contributed by atoms with Gasteiger partial charge in [-0.15, -0.1) is 0 Å². The molecule has 0 aromatic heterocycles. The lowest BCUT2D eigenvalue weighted by atomic mass is 9.90. The summed E-state index contributed by atoms with van der Waals surface area (Å²) in [6.07, 6.45) is 0.0819. The normalized spacial score (nSPS) is 23.2. The number of nitrogens with zero attached hydrogens (tertiary/aromatic N) is 1. The number of hydrogen-bond acceptors (Lipinski definition) is 6. The van der Waals surface area contributed by atoms with Crippen LogP contribution in [0.4, 0.5) is 0 Å². The molecule has 0 aromatic rings. The van der Waals surface area contributed by atoms with Crippen LogP contribution in [0.1, 0.15) is 19.3 Å². The highest BCUT2D eigenvalue weighted by atomic mass is 16.5. The van der Waals surface area contributed by atoms with E-state index in [1.807, 2.05) is 0 Å². The first-order valence-electron chi connectivity index (χ1n) is 6.39. The van der Waals surface area contributed by atoms with Gasteiger partial charge in [0.05, 0.1) is 13.0 Å². The number of esters is 1. The summed E-state index contributed by atoms with van der Waals surface area (Å²) in [5.74, 6) is -1.09. The Morgan fingerprint density at radius 1 is 1.47 bits per heavy atom. The molecule has 19 heavy (non-hydrogen) atoms. The molecular weight excluding hydrogens is 252 g/mol. The van der Waals surface area contributed by atoms with Gasteiger partial charge >= 0.3 is 5.97 Å². The summed E-state index contributed by atoms with van der Waals surface area (Å²) in [4.78, 5) is 25.3. The predicted molar refractivity (Wildman–Crippen MR) is 67.0 cm³/mol. The van der Waals surface area contributed by atoms with Crippen molar-refractivity contribution in [2.24, 2.45) is 5.92 Å². The fourth-order valence-corrected chi connectivity index (χ4v) is 2.21. The minimum absolute atomic E-state index is 0.0812. The Morgan fingerprint density at radius 2 is 2.16 bits per heavy atom. The van der Waals surface area contributed by atoms with Gasteiger partial charge in [0.2, 0.25) is 5.91 Å². The topological polar surface area (TPSA) is 99.1 Å². The molecule has 110 valence electrons. The average Bonchev–Trinajstić information content (AvgIpc) is 2.42. The van der Waals surface area contributed by atoms with Gasteiger partial charge in [-0.1, -0.05) is 0 Å². The molecule has 1 aliphatic heterocycles. The van der Waals surface area contributed by atoms with Crippen LogP contribution in [0.15, 0.2) is 0 Å². The van der Waals surface area contributed by atoms with Crippen LogP contribution in [0.5, 0.6) is 0 Å². The molecule has 1 fully saturated rings. The zero-order chi connectivity index (χ0) is 14.4. The highest BCUT2D eigenvalue weighted by Gasteiger charge is 2.37. The Balaban J connectivity index is 2.63. The Labute approximate surface area is 112 Å². The van der Waals surface area contributed by atoms with Gasteiger partial charge in [-0.25, -0.2) is 0 Å². The lowest BCUT2D eigenvalue weighted by Gasteiger charge is -2.32. The van der Waals surface area contributed by atoms with E-state index in [4.69, 9.17) is 14.9 Å². The number of aliphatic hydroxyl groups is 2.